The summed E-state index contributed by atoms with van der Waals surface area (Å²) in [6.45, 7) is 2.24. The third-order valence-electron chi connectivity index (χ3n) is 2.20. The summed E-state index contributed by atoms with van der Waals surface area (Å²) in [7, 11) is -1.65. The Morgan fingerprint density at radius 3 is 2.80 bits per heavy atom. The lowest BCUT2D eigenvalue weighted by atomic mass is 10.0. The minimum Gasteiger partial charge on any atom is -0.268 e. The van der Waals surface area contributed by atoms with E-state index in [1.54, 1.807) is 0 Å². The predicted octanol–water partition coefficient (Wildman–Crippen LogP) is 1.52. The topological polar surface area (TPSA) is 17.1 Å². The van der Waals surface area contributed by atoms with Crippen LogP contribution < -0.4 is 0 Å². The molecule has 0 amide bonds. The molecule has 0 N–H and O–H groups in total. The van der Waals surface area contributed by atoms with Crippen LogP contribution in [0, 0.1) is 5.92 Å². The van der Waals surface area contributed by atoms with Crippen LogP contribution in [0.15, 0.2) is 0 Å². The van der Waals surface area contributed by atoms with Crippen LogP contribution in [0.3, 0.4) is 0 Å². The van der Waals surface area contributed by atoms with Crippen molar-refractivity contribution in [2.24, 2.45) is 5.92 Å². The Hall–Kier alpha value is 0.0200. The van der Waals surface area contributed by atoms with Gasteiger partial charge in [0.25, 0.3) is 0 Å². The third kappa shape index (κ3) is 2.33. The molecule has 1 rings (SSSR count). The van der Waals surface area contributed by atoms with Crippen LogP contribution in [0.5, 0.6) is 0 Å². The molecule has 1 saturated heterocycles. The van der Waals surface area contributed by atoms with Crippen molar-refractivity contribution >= 4 is 15.4 Å². The molecule has 1 nitrogen and oxygen atoms in total. The average Bonchev–Trinajstić information content (AvgIpc) is 1.94. The molecule has 2 atom stereocenters. The molecule has 1 aliphatic rings. The fraction of sp³-hybridized carbons (Fsp3) is 0.875. The van der Waals surface area contributed by atoms with Gasteiger partial charge >= 0.3 is 0 Å². The molecule has 0 aromatic carbocycles. The van der Waals surface area contributed by atoms with Crippen molar-refractivity contribution in [2.45, 2.75) is 26.2 Å². The van der Waals surface area contributed by atoms with E-state index >= 15 is 0 Å². The SMILES string of the molecule is C=S1(=O)CCCC(C)CC1. The minimum absolute atomic E-state index is 0.769. The van der Waals surface area contributed by atoms with Gasteiger partial charge in [-0.15, -0.1) is 0 Å². The molecule has 0 spiro atoms. The average molecular weight is 160 g/mol. The zero-order chi connectivity index (χ0) is 7.61. The van der Waals surface area contributed by atoms with Crippen molar-refractivity contribution in [3.05, 3.63) is 0 Å². The molecule has 1 heterocycles. The summed E-state index contributed by atoms with van der Waals surface area (Å²) in [5.41, 5.74) is 0. The maximum Gasteiger partial charge on any atom is 0.0161 e. The van der Waals surface area contributed by atoms with Crippen molar-refractivity contribution < 1.29 is 4.21 Å². The highest BCUT2D eigenvalue weighted by Gasteiger charge is 2.13. The lowest BCUT2D eigenvalue weighted by molar-refractivity contribution is 0.523. The van der Waals surface area contributed by atoms with Crippen LogP contribution >= 0.6 is 0 Å². The van der Waals surface area contributed by atoms with Crippen molar-refractivity contribution in [2.75, 3.05) is 11.5 Å². The fourth-order valence-corrected chi connectivity index (χ4v) is 3.09. The van der Waals surface area contributed by atoms with Crippen molar-refractivity contribution in [1.82, 2.24) is 0 Å². The van der Waals surface area contributed by atoms with E-state index in [-0.39, 0.29) is 0 Å². The van der Waals surface area contributed by atoms with Crippen molar-refractivity contribution in [3.8, 4) is 0 Å². The second kappa shape index (κ2) is 2.95. The van der Waals surface area contributed by atoms with Crippen LogP contribution in [0.1, 0.15) is 26.2 Å². The van der Waals surface area contributed by atoms with Gasteiger partial charge in [0.15, 0.2) is 0 Å². The minimum atomic E-state index is -1.65. The van der Waals surface area contributed by atoms with Gasteiger partial charge in [0, 0.05) is 11.5 Å². The third-order valence-corrected chi connectivity index (χ3v) is 4.21. The van der Waals surface area contributed by atoms with E-state index in [1.807, 2.05) is 0 Å². The smallest absolute Gasteiger partial charge is 0.0161 e. The summed E-state index contributed by atoms with van der Waals surface area (Å²) in [4.78, 5) is 0. The molecular formula is C8H16OS. The molecule has 0 aromatic heterocycles. The summed E-state index contributed by atoms with van der Waals surface area (Å²) >= 11 is 0. The second-order valence-corrected chi connectivity index (χ2v) is 6.16. The maximum atomic E-state index is 11.5. The molecule has 1 fully saturated rings. The van der Waals surface area contributed by atoms with Crippen LogP contribution in [0.4, 0.5) is 0 Å². The molecule has 2 unspecified atom stereocenters. The van der Waals surface area contributed by atoms with Crippen LogP contribution in [-0.2, 0) is 9.52 Å². The zero-order valence-corrected chi connectivity index (χ0v) is 7.45. The van der Waals surface area contributed by atoms with Gasteiger partial charge < -0.3 is 0 Å². The zero-order valence-electron chi connectivity index (χ0n) is 6.64. The van der Waals surface area contributed by atoms with E-state index in [4.69, 9.17) is 0 Å². The highest BCUT2D eigenvalue weighted by Crippen LogP contribution is 2.17. The monoisotopic (exact) mass is 160 g/mol. The van der Waals surface area contributed by atoms with Gasteiger partial charge in [-0.05, 0) is 40.6 Å². The molecule has 2 heteroatoms. The number of hydrogen-bond donors (Lipinski definition) is 0. The van der Waals surface area contributed by atoms with Crippen LogP contribution in [0.2, 0.25) is 0 Å². The molecular weight excluding hydrogens is 144 g/mol. The Kier molecular flexibility index (Phi) is 2.40. The van der Waals surface area contributed by atoms with Gasteiger partial charge in [-0.2, -0.15) is 0 Å². The van der Waals surface area contributed by atoms with Crippen molar-refractivity contribution in [1.29, 1.82) is 0 Å². The Morgan fingerprint density at radius 1 is 1.40 bits per heavy atom. The van der Waals surface area contributed by atoms with E-state index in [2.05, 4.69) is 12.8 Å². The van der Waals surface area contributed by atoms with Gasteiger partial charge in [0.1, 0.15) is 0 Å². The Morgan fingerprint density at radius 2 is 2.10 bits per heavy atom. The molecule has 1 aliphatic heterocycles. The van der Waals surface area contributed by atoms with E-state index in [9.17, 15) is 4.21 Å². The Balaban J connectivity index is 2.58. The largest absolute Gasteiger partial charge is 0.268 e. The highest BCUT2D eigenvalue weighted by atomic mass is 32.2. The summed E-state index contributed by atoms with van der Waals surface area (Å²) in [6, 6.07) is 0. The predicted molar refractivity (Wildman–Crippen MR) is 48.0 cm³/mol. The quantitative estimate of drug-likeness (QED) is 0.491. The van der Waals surface area contributed by atoms with Crippen LogP contribution in [-0.4, -0.2) is 21.6 Å². The molecule has 60 valence electrons. The lowest BCUT2D eigenvalue weighted by Crippen LogP contribution is -2.07. The van der Waals surface area contributed by atoms with Gasteiger partial charge in [0.05, 0.1) is 0 Å². The molecule has 10 heavy (non-hydrogen) atoms. The number of rotatable bonds is 0. The first kappa shape index (κ1) is 8.12. The second-order valence-electron chi connectivity index (χ2n) is 3.41. The molecule has 0 saturated carbocycles. The molecule has 0 aliphatic carbocycles. The van der Waals surface area contributed by atoms with E-state index < -0.39 is 9.52 Å². The molecule has 0 bridgehead atoms. The summed E-state index contributed by atoms with van der Waals surface area (Å²) in [6.07, 6.45) is 3.47. The van der Waals surface area contributed by atoms with Gasteiger partial charge in [-0.25, -0.2) is 0 Å². The first-order chi connectivity index (χ1) is 4.60. The highest BCUT2D eigenvalue weighted by molar-refractivity contribution is 8.00. The number of hydrogen-bond acceptors (Lipinski definition) is 1. The fourth-order valence-electron chi connectivity index (χ4n) is 1.36. The Bertz CT molecular complexity index is 191. The van der Waals surface area contributed by atoms with Gasteiger partial charge in [0.2, 0.25) is 0 Å². The first-order valence-electron chi connectivity index (χ1n) is 3.93. The molecule has 0 aromatic rings. The Labute approximate surface area is 63.8 Å². The standard InChI is InChI=1S/C8H16OS/c1-8-4-3-6-10(2,9)7-5-8/h8H,2-7H2,1H3. The van der Waals surface area contributed by atoms with Crippen LogP contribution in [0.25, 0.3) is 0 Å². The van der Waals surface area contributed by atoms with E-state index in [0.717, 1.165) is 30.3 Å². The first-order valence-corrected chi connectivity index (χ1v) is 5.99. The van der Waals surface area contributed by atoms with Crippen molar-refractivity contribution in [3.63, 3.8) is 0 Å². The normalized spacial score (nSPS) is 42.7. The summed E-state index contributed by atoms with van der Waals surface area (Å²) in [5, 5.41) is 0. The summed E-state index contributed by atoms with van der Waals surface area (Å²) in [5.74, 6) is 6.23. The van der Waals surface area contributed by atoms with E-state index in [1.165, 1.54) is 6.42 Å². The van der Waals surface area contributed by atoms with E-state index in [0.29, 0.717) is 0 Å². The maximum absolute atomic E-state index is 11.5. The van der Waals surface area contributed by atoms with Gasteiger partial charge in [-0.3, -0.25) is 4.21 Å². The molecule has 0 radical (unpaired) electrons. The van der Waals surface area contributed by atoms with Gasteiger partial charge in [-0.1, -0.05) is 6.92 Å². The lowest BCUT2D eigenvalue weighted by Gasteiger charge is -2.03. The summed E-state index contributed by atoms with van der Waals surface area (Å²) < 4.78 is 11.5.